The van der Waals surface area contributed by atoms with Crippen LogP contribution in [-0.4, -0.2) is 22.1 Å². The van der Waals surface area contributed by atoms with Crippen molar-refractivity contribution in [3.05, 3.63) is 46.3 Å². The molecule has 1 heterocycles. The molecule has 0 spiro atoms. The summed E-state index contributed by atoms with van der Waals surface area (Å²) in [4.78, 5) is 0. The minimum Gasteiger partial charge on any atom is -0.497 e. The van der Waals surface area contributed by atoms with Gasteiger partial charge in [-0.2, -0.15) is 0 Å². The quantitative estimate of drug-likeness (QED) is 0.783. The van der Waals surface area contributed by atoms with Crippen LogP contribution in [0, 0.1) is 0 Å². The lowest BCUT2D eigenvalue weighted by Gasteiger charge is -2.05. The predicted molar refractivity (Wildman–Crippen MR) is 85.8 cm³/mol. The molecule has 0 aliphatic rings. The third-order valence-electron chi connectivity index (χ3n) is 2.91. The highest BCUT2D eigenvalue weighted by Gasteiger charge is 2.15. The van der Waals surface area contributed by atoms with Crippen molar-refractivity contribution in [1.29, 1.82) is 0 Å². The first-order valence-electron chi connectivity index (χ1n) is 6.39. The first-order valence-corrected chi connectivity index (χ1v) is 9.07. The van der Waals surface area contributed by atoms with Gasteiger partial charge in [0.1, 0.15) is 9.96 Å². The molecule has 0 atom stereocenters. The molecule has 7 heteroatoms. The molecule has 2 rings (SSSR count). The molecule has 4 nitrogen and oxygen atoms in total. The highest BCUT2D eigenvalue weighted by atomic mass is 35.5. The number of methoxy groups -OCH3 is 1. The summed E-state index contributed by atoms with van der Waals surface area (Å²) in [5.41, 5.74) is 1.15. The van der Waals surface area contributed by atoms with Crippen LogP contribution in [0.1, 0.15) is 12.0 Å². The Morgan fingerprint density at radius 3 is 2.48 bits per heavy atom. The lowest BCUT2D eigenvalue weighted by Crippen LogP contribution is -2.24. The van der Waals surface area contributed by atoms with E-state index in [9.17, 15) is 8.42 Å². The number of rotatable bonds is 7. The van der Waals surface area contributed by atoms with Gasteiger partial charge in [0.2, 0.25) is 10.0 Å². The summed E-state index contributed by atoms with van der Waals surface area (Å²) in [6, 6.07) is 10.8. The number of benzene rings is 1. The topological polar surface area (TPSA) is 55.4 Å². The maximum atomic E-state index is 12.0. The van der Waals surface area contributed by atoms with Gasteiger partial charge in [0.15, 0.2) is 0 Å². The van der Waals surface area contributed by atoms with Crippen LogP contribution in [-0.2, 0) is 16.4 Å². The molecule has 0 fully saturated rings. The van der Waals surface area contributed by atoms with Crippen LogP contribution < -0.4 is 9.46 Å². The molecule has 1 N–H and O–H groups in total. The summed E-state index contributed by atoms with van der Waals surface area (Å²) < 4.78 is 32.3. The second-order valence-corrected chi connectivity index (χ2v) is 8.12. The second-order valence-electron chi connectivity index (χ2n) is 4.41. The van der Waals surface area contributed by atoms with Crippen molar-refractivity contribution in [1.82, 2.24) is 4.72 Å². The van der Waals surface area contributed by atoms with E-state index in [1.54, 1.807) is 13.2 Å². The van der Waals surface area contributed by atoms with E-state index in [4.69, 9.17) is 16.3 Å². The Morgan fingerprint density at radius 2 is 1.90 bits per heavy atom. The van der Waals surface area contributed by atoms with Crippen molar-refractivity contribution in [2.45, 2.75) is 17.1 Å². The van der Waals surface area contributed by atoms with E-state index in [0.29, 0.717) is 10.9 Å². The number of halogens is 1. The number of sulfonamides is 1. The average Bonchev–Trinajstić information content (AvgIpc) is 2.92. The van der Waals surface area contributed by atoms with Crippen molar-refractivity contribution < 1.29 is 13.2 Å². The summed E-state index contributed by atoms with van der Waals surface area (Å²) in [5.74, 6) is 0.814. The maximum Gasteiger partial charge on any atom is 0.250 e. The maximum absolute atomic E-state index is 12.0. The van der Waals surface area contributed by atoms with Crippen molar-refractivity contribution in [3.8, 4) is 5.75 Å². The van der Waals surface area contributed by atoms with Gasteiger partial charge in [-0.05, 0) is 42.7 Å². The molecule has 114 valence electrons. The summed E-state index contributed by atoms with van der Waals surface area (Å²) in [6.07, 6.45) is 1.53. The van der Waals surface area contributed by atoms with Crippen molar-refractivity contribution in [3.63, 3.8) is 0 Å². The standard InChI is InChI=1S/C14H16ClNO3S2/c1-19-12-6-4-11(5-7-12)3-2-10-16-21(17,18)14-9-8-13(15)20-14/h4-9,16H,2-3,10H2,1H3. The Labute approximate surface area is 133 Å². The molecular formula is C14H16ClNO3S2. The third kappa shape index (κ3) is 4.71. The van der Waals surface area contributed by atoms with Crippen molar-refractivity contribution >= 4 is 33.0 Å². The normalized spacial score (nSPS) is 11.5. The van der Waals surface area contributed by atoms with Crippen LogP contribution in [0.5, 0.6) is 5.75 Å². The van der Waals surface area contributed by atoms with Crippen LogP contribution in [0.3, 0.4) is 0 Å². The summed E-state index contributed by atoms with van der Waals surface area (Å²) in [5, 5.41) is 0. The summed E-state index contributed by atoms with van der Waals surface area (Å²) >= 11 is 6.80. The molecule has 0 bridgehead atoms. The molecule has 0 radical (unpaired) electrons. The fourth-order valence-electron chi connectivity index (χ4n) is 1.80. The Kier molecular flexibility index (Phi) is 5.64. The number of nitrogens with one attached hydrogen (secondary N) is 1. The SMILES string of the molecule is COc1ccc(CCCNS(=O)(=O)c2ccc(Cl)s2)cc1. The molecule has 1 aromatic carbocycles. The monoisotopic (exact) mass is 345 g/mol. The van der Waals surface area contributed by atoms with E-state index in [-0.39, 0.29) is 4.21 Å². The van der Waals surface area contributed by atoms with E-state index >= 15 is 0 Å². The second kappa shape index (κ2) is 7.26. The molecule has 0 saturated carbocycles. The fraction of sp³-hybridized carbons (Fsp3) is 0.286. The van der Waals surface area contributed by atoms with Crippen molar-refractivity contribution in [2.75, 3.05) is 13.7 Å². The first kappa shape index (κ1) is 16.3. The van der Waals surface area contributed by atoms with Crippen LogP contribution in [0.25, 0.3) is 0 Å². The number of hydrogen-bond acceptors (Lipinski definition) is 4. The van der Waals surface area contributed by atoms with Gasteiger partial charge in [-0.3, -0.25) is 0 Å². The predicted octanol–water partition coefficient (Wildman–Crippen LogP) is 3.32. The van der Waals surface area contributed by atoms with Crippen molar-refractivity contribution in [2.24, 2.45) is 0 Å². The number of ether oxygens (including phenoxy) is 1. The summed E-state index contributed by atoms with van der Waals surface area (Å²) in [7, 11) is -1.81. The molecule has 0 aliphatic heterocycles. The van der Waals surface area contributed by atoms with Crippen LogP contribution in [0.2, 0.25) is 4.34 Å². The zero-order valence-electron chi connectivity index (χ0n) is 11.5. The van der Waals surface area contributed by atoms with Gasteiger partial charge in [-0.15, -0.1) is 11.3 Å². The minimum absolute atomic E-state index is 0.247. The average molecular weight is 346 g/mol. The van der Waals surface area contributed by atoms with Crippen LogP contribution in [0.4, 0.5) is 0 Å². The van der Waals surface area contributed by atoms with E-state index in [2.05, 4.69) is 4.72 Å². The van der Waals surface area contributed by atoms with Gasteiger partial charge < -0.3 is 4.74 Å². The van der Waals surface area contributed by atoms with E-state index in [1.807, 2.05) is 24.3 Å². The number of thiophene rings is 1. The van der Waals surface area contributed by atoms with Gasteiger partial charge in [-0.1, -0.05) is 23.7 Å². The third-order valence-corrected chi connectivity index (χ3v) is 6.09. The van der Waals surface area contributed by atoms with Gasteiger partial charge in [0.25, 0.3) is 0 Å². The largest absolute Gasteiger partial charge is 0.497 e. The Hall–Kier alpha value is -1.08. The molecule has 0 amide bonds. The molecule has 0 aliphatic carbocycles. The number of hydrogen-bond donors (Lipinski definition) is 1. The molecule has 0 saturated heterocycles. The van der Waals surface area contributed by atoms with E-state index in [0.717, 1.165) is 35.5 Å². The van der Waals surface area contributed by atoms with Gasteiger partial charge in [0.05, 0.1) is 11.4 Å². The van der Waals surface area contributed by atoms with E-state index in [1.165, 1.54) is 6.07 Å². The van der Waals surface area contributed by atoms with Gasteiger partial charge in [-0.25, -0.2) is 13.1 Å². The smallest absolute Gasteiger partial charge is 0.250 e. The Balaban J connectivity index is 1.81. The number of aryl methyl sites for hydroxylation is 1. The highest BCUT2D eigenvalue weighted by Crippen LogP contribution is 2.25. The van der Waals surface area contributed by atoms with E-state index < -0.39 is 10.0 Å². The lowest BCUT2D eigenvalue weighted by atomic mass is 10.1. The minimum atomic E-state index is -3.44. The summed E-state index contributed by atoms with van der Waals surface area (Å²) in [6.45, 7) is 0.393. The Bertz CT molecular complexity index is 680. The lowest BCUT2D eigenvalue weighted by molar-refractivity contribution is 0.414. The molecule has 1 aromatic heterocycles. The fourth-order valence-corrected chi connectivity index (χ4v) is 4.41. The first-order chi connectivity index (χ1) is 10.0. The zero-order valence-corrected chi connectivity index (χ0v) is 13.9. The molecule has 21 heavy (non-hydrogen) atoms. The highest BCUT2D eigenvalue weighted by molar-refractivity contribution is 7.91. The molecule has 0 unspecified atom stereocenters. The van der Waals surface area contributed by atoms with Crippen LogP contribution >= 0.6 is 22.9 Å². The molecule has 2 aromatic rings. The molecular weight excluding hydrogens is 330 g/mol. The zero-order chi connectivity index (χ0) is 15.3. The Morgan fingerprint density at radius 1 is 1.19 bits per heavy atom. The van der Waals surface area contributed by atoms with Crippen LogP contribution in [0.15, 0.2) is 40.6 Å². The van der Waals surface area contributed by atoms with Gasteiger partial charge >= 0.3 is 0 Å². The van der Waals surface area contributed by atoms with Gasteiger partial charge in [0, 0.05) is 6.54 Å².